The van der Waals surface area contributed by atoms with E-state index in [9.17, 15) is 9.18 Å². The number of carbonyl (C=O) groups is 1. The molecule has 0 saturated heterocycles. The molecule has 5 heteroatoms. The van der Waals surface area contributed by atoms with Gasteiger partial charge in [-0.25, -0.2) is 9.18 Å². The molecule has 1 aromatic heterocycles. The minimum atomic E-state index is -1.14. The summed E-state index contributed by atoms with van der Waals surface area (Å²) in [4.78, 5) is 14.0. The Morgan fingerprint density at radius 2 is 2.12 bits per heavy atom. The lowest BCUT2D eigenvalue weighted by Crippen LogP contribution is -1.99. The zero-order valence-electron chi connectivity index (χ0n) is 8.69. The Balaban J connectivity index is 3.01. The van der Waals surface area contributed by atoms with Crippen molar-refractivity contribution in [3.05, 3.63) is 33.2 Å². The second kappa shape index (κ2) is 3.59. The molecule has 0 spiro atoms. The van der Waals surface area contributed by atoms with Gasteiger partial charge in [0.15, 0.2) is 0 Å². The average molecular weight is 286 g/mol. The number of rotatable bonds is 1. The predicted octanol–water partition coefficient (Wildman–Crippen LogP) is 3.38. The first-order valence-electron chi connectivity index (χ1n) is 4.63. The van der Waals surface area contributed by atoms with E-state index < -0.39 is 11.8 Å². The van der Waals surface area contributed by atoms with Crippen LogP contribution in [0.25, 0.3) is 10.9 Å². The highest BCUT2D eigenvalue weighted by Gasteiger charge is 2.19. The fourth-order valence-electron chi connectivity index (χ4n) is 1.75. The van der Waals surface area contributed by atoms with Crippen molar-refractivity contribution in [1.29, 1.82) is 0 Å². The van der Waals surface area contributed by atoms with Crippen molar-refractivity contribution in [3.63, 3.8) is 0 Å². The first-order chi connectivity index (χ1) is 7.43. The smallest absolute Gasteiger partial charge is 0.337 e. The van der Waals surface area contributed by atoms with Crippen molar-refractivity contribution in [3.8, 4) is 0 Å². The Labute approximate surface area is 99.4 Å². The monoisotopic (exact) mass is 285 g/mol. The first-order valence-corrected chi connectivity index (χ1v) is 5.43. The van der Waals surface area contributed by atoms with E-state index in [-0.39, 0.29) is 5.56 Å². The van der Waals surface area contributed by atoms with Gasteiger partial charge < -0.3 is 10.1 Å². The molecule has 1 aromatic carbocycles. The number of carboxylic acids is 1. The summed E-state index contributed by atoms with van der Waals surface area (Å²) in [5.74, 6) is -1.70. The molecule has 0 radical (unpaired) electrons. The highest BCUT2D eigenvalue weighted by Crippen LogP contribution is 2.33. The van der Waals surface area contributed by atoms with Gasteiger partial charge in [0.05, 0.1) is 15.6 Å². The number of H-pyrrole nitrogens is 1. The zero-order chi connectivity index (χ0) is 12.0. The molecule has 0 fully saturated rings. The third-order valence-electron chi connectivity index (χ3n) is 2.70. The number of aromatic amines is 1. The van der Waals surface area contributed by atoms with Crippen LogP contribution in [0.2, 0.25) is 0 Å². The summed E-state index contributed by atoms with van der Waals surface area (Å²) in [6, 6.07) is 1.02. The summed E-state index contributed by atoms with van der Waals surface area (Å²) in [6.07, 6.45) is 0. The van der Waals surface area contributed by atoms with Gasteiger partial charge >= 0.3 is 5.97 Å². The maximum atomic E-state index is 13.5. The molecule has 0 aliphatic carbocycles. The molecule has 84 valence electrons. The number of aromatic carboxylic acids is 1. The fraction of sp³-hybridized carbons (Fsp3) is 0.182. The third kappa shape index (κ3) is 1.43. The maximum Gasteiger partial charge on any atom is 0.337 e. The van der Waals surface area contributed by atoms with Gasteiger partial charge in [-0.05, 0) is 41.4 Å². The normalized spacial score (nSPS) is 11.0. The molecule has 0 aliphatic heterocycles. The second-order valence-corrected chi connectivity index (χ2v) is 4.44. The van der Waals surface area contributed by atoms with Crippen molar-refractivity contribution in [2.75, 3.05) is 0 Å². The van der Waals surface area contributed by atoms with Gasteiger partial charge in [0.2, 0.25) is 0 Å². The van der Waals surface area contributed by atoms with E-state index in [1.54, 1.807) is 0 Å². The van der Waals surface area contributed by atoms with Crippen LogP contribution in [-0.2, 0) is 0 Å². The molecule has 0 aliphatic rings. The lowest BCUT2D eigenvalue weighted by molar-refractivity contribution is 0.0698. The van der Waals surface area contributed by atoms with Crippen LogP contribution in [0, 0.1) is 19.7 Å². The predicted molar refractivity (Wildman–Crippen MR) is 62.4 cm³/mol. The number of nitrogens with one attached hydrogen (secondary N) is 1. The van der Waals surface area contributed by atoms with E-state index in [0.29, 0.717) is 15.4 Å². The Morgan fingerprint density at radius 3 is 2.69 bits per heavy atom. The van der Waals surface area contributed by atoms with Gasteiger partial charge in [0.25, 0.3) is 0 Å². The molecule has 0 unspecified atom stereocenters. The average Bonchev–Trinajstić information content (AvgIpc) is 2.49. The molecule has 16 heavy (non-hydrogen) atoms. The minimum Gasteiger partial charge on any atom is -0.478 e. The van der Waals surface area contributed by atoms with E-state index in [1.807, 2.05) is 13.8 Å². The first kappa shape index (κ1) is 11.1. The van der Waals surface area contributed by atoms with Crippen LogP contribution in [0.5, 0.6) is 0 Å². The largest absolute Gasteiger partial charge is 0.478 e. The van der Waals surface area contributed by atoms with Crippen LogP contribution in [0.3, 0.4) is 0 Å². The zero-order valence-corrected chi connectivity index (χ0v) is 10.3. The second-order valence-electron chi connectivity index (χ2n) is 3.65. The van der Waals surface area contributed by atoms with Crippen LogP contribution in [-0.4, -0.2) is 16.1 Å². The Kier molecular flexibility index (Phi) is 2.50. The molecule has 1 heterocycles. The van der Waals surface area contributed by atoms with Crippen molar-refractivity contribution in [2.24, 2.45) is 0 Å². The van der Waals surface area contributed by atoms with Crippen LogP contribution >= 0.6 is 15.9 Å². The van der Waals surface area contributed by atoms with Crippen molar-refractivity contribution >= 4 is 32.8 Å². The SMILES string of the molecule is Cc1[nH]c2c(C(=O)O)cc(F)c(Br)c2c1C. The number of aromatic nitrogens is 1. The van der Waals surface area contributed by atoms with Crippen LogP contribution in [0.15, 0.2) is 10.5 Å². The van der Waals surface area contributed by atoms with E-state index >= 15 is 0 Å². The molecule has 2 N–H and O–H groups in total. The number of carboxylic acid groups (broad SMARTS) is 1. The van der Waals surface area contributed by atoms with Gasteiger partial charge in [0, 0.05) is 11.1 Å². The quantitative estimate of drug-likeness (QED) is 0.844. The summed E-state index contributed by atoms with van der Waals surface area (Å²) in [6.45, 7) is 3.65. The van der Waals surface area contributed by atoms with E-state index in [4.69, 9.17) is 5.11 Å². The number of fused-ring (bicyclic) bond motifs is 1. The third-order valence-corrected chi connectivity index (χ3v) is 3.48. The molecule has 0 amide bonds. The molecule has 0 bridgehead atoms. The summed E-state index contributed by atoms with van der Waals surface area (Å²) in [5.41, 5.74) is 2.09. The number of hydrogen-bond donors (Lipinski definition) is 2. The summed E-state index contributed by atoms with van der Waals surface area (Å²) >= 11 is 3.14. The lowest BCUT2D eigenvalue weighted by Gasteiger charge is -2.02. The van der Waals surface area contributed by atoms with Crippen molar-refractivity contribution < 1.29 is 14.3 Å². The standard InChI is InChI=1S/C11H9BrFNO2/c1-4-5(2)14-10-6(11(15)16)3-7(13)9(12)8(4)10/h3,14H,1-2H3,(H,15,16). The highest BCUT2D eigenvalue weighted by molar-refractivity contribution is 9.10. The molecule has 2 aromatic rings. The summed E-state index contributed by atoms with van der Waals surface area (Å²) in [5, 5.41) is 9.59. The highest BCUT2D eigenvalue weighted by atomic mass is 79.9. The van der Waals surface area contributed by atoms with Gasteiger partial charge in [-0.3, -0.25) is 0 Å². The fourth-order valence-corrected chi connectivity index (χ4v) is 2.36. The minimum absolute atomic E-state index is 0.0492. The Morgan fingerprint density at radius 1 is 1.50 bits per heavy atom. The van der Waals surface area contributed by atoms with Crippen molar-refractivity contribution in [2.45, 2.75) is 13.8 Å². The molecular weight excluding hydrogens is 277 g/mol. The van der Waals surface area contributed by atoms with E-state index in [2.05, 4.69) is 20.9 Å². The maximum absolute atomic E-state index is 13.5. The van der Waals surface area contributed by atoms with Crippen LogP contribution in [0.1, 0.15) is 21.6 Å². The van der Waals surface area contributed by atoms with E-state index in [0.717, 1.165) is 17.3 Å². The number of benzene rings is 1. The Hall–Kier alpha value is -1.36. The van der Waals surface area contributed by atoms with E-state index in [1.165, 1.54) is 0 Å². The number of hydrogen-bond acceptors (Lipinski definition) is 1. The topological polar surface area (TPSA) is 53.1 Å². The number of halogens is 2. The van der Waals surface area contributed by atoms with Crippen LogP contribution < -0.4 is 0 Å². The lowest BCUT2D eigenvalue weighted by atomic mass is 10.1. The Bertz CT molecular complexity index is 604. The molecule has 2 rings (SSSR count). The van der Waals surface area contributed by atoms with Crippen molar-refractivity contribution in [1.82, 2.24) is 4.98 Å². The van der Waals surface area contributed by atoms with Gasteiger partial charge in [0.1, 0.15) is 5.82 Å². The van der Waals surface area contributed by atoms with Crippen LogP contribution in [0.4, 0.5) is 4.39 Å². The molecule has 0 saturated carbocycles. The van der Waals surface area contributed by atoms with Gasteiger partial charge in [-0.15, -0.1) is 0 Å². The molecule has 0 atom stereocenters. The molecule has 3 nitrogen and oxygen atoms in total. The summed E-state index contributed by atoms with van der Waals surface area (Å²) in [7, 11) is 0. The van der Waals surface area contributed by atoms with Gasteiger partial charge in [-0.2, -0.15) is 0 Å². The number of aryl methyl sites for hydroxylation is 2. The molecular formula is C11H9BrFNO2. The summed E-state index contributed by atoms with van der Waals surface area (Å²) < 4.78 is 13.8. The van der Waals surface area contributed by atoms with Gasteiger partial charge in [-0.1, -0.05) is 0 Å².